The van der Waals surface area contributed by atoms with Crippen LogP contribution in [0.15, 0.2) is 12.4 Å². The number of ether oxygens (including phenoxy) is 1. The van der Waals surface area contributed by atoms with E-state index in [4.69, 9.17) is 4.74 Å². The highest BCUT2D eigenvalue weighted by molar-refractivity contribution is 4.92. The monoisotopic (exact) mass is 223 g/mol. The summed E-state index contributed by atoms with van der Waals surface area (Å²) in [6.07, 6.45) is 6.21. The maximum atomic E-state index is 5.73. The smallest absolute Gasteiger partial charge is 0.122 e. The Morgan fingerprint density at radius 2 is 2.50 bits per heavy atom. The average Bonchev–Trinajstić information content (AvgIpc) is 2.88. The zero-order valence-electron chi connectivity index (χ0n) is 10.2. The molecule has 90 valence electrons. The predicted octanol–water partition coefficient (Wildman–Crippen LogP) is 1.56. The van der Waals surface area contributed by atoms with Crippen LogP contribution in [-0.4, -0.2) is 28.3 Å². The summed E-state index contributed by atoms with van der Waals surface area (Å²) in [7, 11) is 0. The fraction of sp³-hybridized carbons (Fsp3) is 0.750. The SMILES string of the molecule is CCn1ccnc1CNCC1(C)CCCO1. The van der Waals surface area contributed by atoms with Crippen LogP contribution in [0.1, 0.15) is 32.5 Å². The third-order valence-corrected chi connectivity index (χ3v) is 3.22. The van der Waals surface area contributed by atoms with E-state index in [9.17, 15) is 0 Å². The van der Waals surface area contributed by atoms with E-state index in [1.807, 2.05) is 12.4 Å². The number of nitrogens with one attached hydrogen (secondary N) is 1. The highest BCUT2D eigenvalue weighted by Crippen LogP contribution is 2.23. The minimum Gasteiger partial charge on any atom is -0.374 e. The Morgan fingerprint density at radius 3 is 3.19 bits per heavy atom. The van der Waals surface area contributed by atoms with E-state index in [0.717, 1.165) is 38.5 Å². The van der Waals surface area contributed by atoms with E-state index in [2.05, 4.69) is 28.7 Å². The molecule has 0 aliphatic carbocycles. The van der Waals surface area contributed by atoms with Crippen molar-refractivity contribution >= 4 is 0 Å². The van der Waals surface area contributed by atoms with Gasteiger partial charge in [0, 0.05) is 32.1 Å². The number of aryl methyl sites for hydroxylation is 1. The summed E-state index contributed by atoms with van der Waals surface area (Å²) < 4.78 is 7.88. The largest absolute Gasteiger partial charge is 0.374 e. The normalized spacial score (nSPS) is 25.1. The molecule has 0 bridgehead atoms. The maximum absolute atomic E-state index is 5.73. The standard InChI is InChI=1S/C12H21N3O/c1-3-15-7-6-14-11(15)9-13-10-12(2)5-4-8-16-12/h6-7,13H,3-5,8-10H2,1-2H3. The van der Waals surface area contributed by atoms with Crippen LogP contribution in [0.4, 0.5) is 0 Å². The van der Waals surface area contributed by atoms with Crippen LogP contribution >= 0.6 is 0 Å². The van der Waals surface area contributed by atoms with Gasteiger partial charge < -0.3 is 14.6 Å². The van der Waals surface area contributed by atoms with Crippen LogP contribution in [0.5, 0.6) is 0 Å². The molecule has 0 saturated carbocycles. The maximum Gasteiger partial charge on any atom is 0.122 e. The van der Waals surface area contributed by atoms with Crippen molar-refractivity contribution in [2.75, 3.05) is 13.2 Å². The molecule has 1 aliphatic rings. The Kier molecular flexibility index (Phi) is 3.61. The lowest BCUT2D eigenvalue weighted by Crippen LogP contribution is -2.37. The number of rotatable bonds is 5. The molecular formula is C12H21N3O. The van der Waals surface area contributed by atoms with Gasteiger partial charge in [0.15, 0.2) is 0 Å². The highest BCUT2D eigenvalue weighted by Gasteiger charge is 2.29. The Bertz CT molecular complexity index is 329. The molecule has 0 amide bonds. The second kappa shape index (κ2) is 4.97. The second-order valence-corrected chi connectivity index (χ2v) is 4.63. The second-order valence-electron chi connectivity index (χ2n) is 4.63. The third kappa shape index (κ3) is 2.62. The molecular weight excluding hydrogens is 202 g/mol. The molecule has 1 N–H and O–H groups in total. The summed E-state index contributed by atoms with van der Waals surface area (Å²) in [6, 6.07) is 0. The molecule has 2 heterocycles. The number of nitrogens with zero attached hydrogens (tertiary/aromatic N) is 2. The number of imidazole rings is 1. The van der Waals surface area contributed by atoms with Crippen molar-refractivity contribution in [1.82, 2.24) is 14.9 Å². The van der Waals surface area contributed by atoms with Crippen molar-refractivity contribution in [3.63, 3.8) is 0 Å². The van der Waals surface area contributed by atoms with Crippen LogP contribution < -0.4 is 5.32 Å². The predicted molar refractivity (Wildman–Crippen MR) is 63.2 cm³/mol. The summed E-state index contributed by atoms with van der Waals surface area (Å²) in [5.74, 6) is 1.10. The van der Waals surface area contributed by atoms with E-state index in [-0.39, 0.29) is 5.60 Å². The van der Waals surface area contributed by atoms with E-state index in [1.54, 1.807) is 0 Å². The van der Waals surface area contributed by atoms with Crippen molar-refractivity contribution in [2.45, 2.75) is 45.4 Å². The molecule has 4 heteroatoms. The minimum atomic E-state index is 0.0314. The lowest BCUT2D eigenvalue weighted by molar-refractivity contribution is 0.0205. The molecule has 1 aromatic rings. The van der Waals surface area contributed by atoms with Gasteiger partial charge in [-0.1, -0.05) is 0 Å². The van der Waals surface area contributed by atoms with Gasteiger partial charge in [0.2, 0.25) is 0 Å². The number of aromatic nitrogens is 2. The van der Waals surface area contributed by atoms with Gasteiger partial charge >= 0.3 is 0 Å². The van der Waals surface area contributed by atoms with E-state index < -0.39 is 0 Å². The highest BCUT2D eigenvalue weighted by atomic mass is 16.5. The van der Waals surface area contributed by atoms with Gasteiger partial charge in [0.25, 0.3) is 0 Å². The molecule has 1 fully saturated rings. The fourth-order valence-corrected chi connectivity index (χ4v) is 2.21. The van der Waals surface area contributed by atoms with Crippen LogP contribution in [0.3, 0.4) is 0 Å². The van der Waals surface area contributed by atoms with Crippen LogP contribution in [0.25, 0.3) is 0 Å². The first-order valence-corrected chi connectivity index (χ1v) is 6.08. The van der Waals surface area contributed by atoms with Crippen LogP contribution in [-0.2, 0) is 17.8 Å². The molecule has 0 spiro atoms. The zero-order chi connectivity index (χ0) is 11.4. The molecule has 0 radical (unpaired) electrons. The van der Waals surface area contributed by atoms with Crippen molar-refractivity contribution in [3.05, 3.63) is 18.2 Å². The van der Waals surface area contributed by atoms with Crippen molar-refractivity contribution in [1.29, 1.82) is 0 Å². The topological polar surface area (TPSA) is 39.1 Å². The van der Waals surface area contributed by atoms with Gasteiger partial charge in [0.1, 0.15) is 5.82 Å². The Morgan fingerprint density at radius 1 is 1.62 bits per heavy atom. The van der Waals surface area contributed by atoms with Gasteiger partial charge in [0.05, 0.1) is 12.1 Å². The first-order chi connectivity index (χ1) is 7.73. The van der Waals surface area contributed by atoms with Gasteiger partial charge in [-0.15, -0.1) is 0 Å². The fourth-order valence-electron chi connectivity index (χ4n) is 2.21. The molecule has 0 aromatic carbocycles. The number of hydrogen-bond donors (Lipinski definition) is 1. The van der Waals surface area contributed by atoms with Crippen LogP contribution in [0.2, 0.25) is 0 Å². The van der Waals surface area contributed by atoms with E-state index in [0.29, 0.717) is 0 Å². The van der Waals surface area contributed by atoms with Gasteiger partial charge in [-0.05, 0) is 26.7 Å². The van der Waals surface area contributed by atoms with E-state index >= 15 is 0 Å². The Balaban J connectivity index is 1.79. The third-order valence-electron chi connectivity index (χ3n) is 3.22. The first-order valence-electron chi connectivity index (χ1n) is 6.08. The summed E-state index contributed by atoms with van der Waals surface area (Å²) in [6.45, 7) is 7.92. The minimum absolute atomic E-state index is 0.0314. The summed E-state index contributed by atoms with van der Waals surface area (Å²) in [5.41, 5.74) is 0.0314. The molecule has 4 nitrogen and oxygen atoms in total. The lowest BCUT2D eigenvalue weighted by atomic mass is 10.0. The zero-order valence-corrected chi connectivity index (χ0v) is 10.2. The van der Waals surface area contributed by atoms with Gasteiger partial charge in [-0.3, -0.25) is 0 Å². The Hall–Kier alpha value is -0.870. The molecule has 16 heavy (non-hydrogen) atoms. The lowest BCUT2D eigenvalue weighted by Gasteiger charge is -2.23. The summed E-state index contributed by atoms with van der Waals surface area (Å²) in [4.78, 5) is 4.33. The number of hydrogen-bond acceptors (Lipinski definition) is 3. The average molecular weight is 223 g/mol. The molecule has 1 atom stereocenters. The van der Waals surface area contributed by atoms with Gasteiger partial charge in [-0.2, -0.15) is 0 Å². The molecule has 1 unspecified atom stereocenters. The molecule has 2 rings (SSSR count). The van der Waals surface area contributed by atoms with Crippen molar-refractivity contribution in [3.8, 4) is 0 Å². The van der Waals surface area contributed by atoms with E-state index in [1.165, 1.54) is 6.42 Å². The van der Waals surface area contributed by atoms with Crippen molar-refractivity contribution < 1.29 is 4.74 Å². The Labute approximate surface area is 97.0 Å². The molecule has 1 aromatic heterocycles. The quantitative estimate of drug-likeness (QED) is 0.823. The molecule has 1 aliphatic heterocycles. The summed E-state index contributed by atoms with van der Waals surface area (Å²) >= 11 is 0. The van der Waals surface area contributed by atoms with Gasteiger partial charge in [-0.25, -0.2) is 4.98 Å². The molecule has 1 saturated heterocycles. The first kappa shape index (κ1) is 11.6. The van der Waals surface area contributed by atoms with Crippen molar-refractivity contribution in [2.24, 2.45) is 0 Å². The summed E-state index contributed by atoms with van der Waals surface area (Å²) in [5, 5.41) is 3.44. The van der Waals surface area contributed by atoms with Crippen LogP contribution in [0, 0.1) is 0 Å².